The van der Waals surface area contributed by atoms with Crippen molar-refractivity contribution in [2.75, 3.05) is 24.5 Å². The van der Waals surface area contributed by atoms with Gasteiger partial charge in [0.05, 0.1) is 11.6 Å². The monoisotopic (exact) mass is 373 g/mol. The van der Waals surface area contributed by atoms with Gasteiger partial charge in [0.2, 0.25) is 11.8 Å². The van der Waals surface area contributed by atoms with Crippen LogP contribution in [0.5, 0.6) is 0 Å². The number of carbonyl (C=O) groups is 2. The molecule has 2 heterocycles. The Kier molecular flexibility index (Phi) is 5.79. The second-order valence-corrected chi connectivity index (χ2v) is 6.94. The van der Waals surface area contributed by atoms with E-state index in [1.54, 1.807) is 4.90 Å². The van der Waals surface area contributed by atoms with Gasteiger partial charge in [-0.3, -0.25) is 9.59 Å². The van der Waals surface area contributed by atoms with E-state index in [-0.39, 0.29) is 36.6 Å². The second kappa shape index (κ2) is 8.06. The van der Waals surface area contributed by atoms with Crippen LogP contribution in [0.3, 0.4) is 0 Å². The van der Waals surface area contributed by atoms with Crippen LogP contribution in [0, 0.1) is 5.92 Å². The molecule has 0 bridgehead atoms. The number of amides is 2. The molecule has 0 spiro atoms. The molecule has 2 fully saturated rings. The van der Waals surface area contributed by atoms with Crippen molar-refractivity contribution in [1.82, 2.24) is 10.6 Å². The Morgan fingerprint density at radius 2 is 2.00 bits per heavy atom. The second-order valence-electron chi connectivity index (χ2n) is 6.94. The third kappa shape index (κ3) is 3.69. The third-order valence-electron chi connectivity index (χ3n) is 5.24. The number of hydrogen-bond donors (Lipinski definition) is 2. The summed E-state index contributed by atoms with van der Waals surface area (Å²) < 4.78 is 0. The Morgan fingerprint density at radius 3 is 2.81 bits per heavy atom. The lowest BCUT2D eigenvalue weighted by molar-refractivity contribution is -0.126. The van der Waals surface area contributed by atoms with Crippen LogP contribution in [0.15, 0.2) is 42.5 Å². The van der Waals surface area contributed by atoms with Crippen molar-refractivity contribution in [3.05, 3.63) is 42.5 Å². The molecule has 2 N–H and O–H groups in total. The summed E-state index contributed by atoms with van der Waals surface area (Å²) in [6.07, 6.45) is 2.55. The highest BCUT2D eigenvalue weighted by Crippen LogP contribution is 2.31. The lowest BCUT2D eigenvalue weighted by Crippen LogP contribution is -2.40. The van der Waals surface area contributed by atoms with E-state index >= 15 is 0 Å². The molecular weight excluding hydrogens is 350 g/mol. The maximum Gasteiger partial charge on any atom is 0.227 e. The first-order valence-electron chi connectivity index (χ1n) is 9.01. The number of halogens is 1. The molecule has 2 unspecified atom stereocenters. The van der Waals surface area contributed by atoms with Crippen LogP contribution in [0.4, 0.5) is 5.69 Å². The van der Waals surface area contributed by atoms with Crippen molar-refractivity contribution in [2.45, 2.75) is 25.3 Å². The summed E-state index contributed by atoms with van der Waals surface area (Å²) in [6, 6.07) is 14.4. The predicted octanol–water partition coefficient (Wildman–Crippen LogP) is 2.48. The highest BCUT2D eigenvalue weighted by atomic mass is 35.5. The molecule has 2 aromatic carbocycles. The van der Waals surface area contributed by atoms with Gasteiger partial charge in [-0.1, -0.05) is 36.4 Å². The van der Waals surface area contributed by atoms with Crippen molar-refractivity contribution in [1.29, 1.82) is 0 Å². The van der Waals surface area contributed by atoms with E-state index in [0.29, 0.717) is 19.1 Å². The topological polar surface area (TPSA) is 61.4 Å². The van der Waals surface area contributed by atoms with Gasteiger partial charge < -0.3 is 15.5 Å². The van der Waals surface area contributed by atoms with Gasteiger partial charge in [-0.15, -0.1) is 12.4 Å². The van der Waals surface area contributed by atoms with E-state index in [1.807, 2.05) is 42.5 Å². The molecule has 2 saturated heterocycles. The SMILES string of the molecule is Cl.O=C(NCC1CCCN1)C1CC(=O)N(c2cccc3ccccc23)C1. The Balaban J connectivity index is 0.00000196. The van der Waals surface area contributed by atoms with Crippen molar-refractivity contribution < 1.29 is 9.59 Å². The Morgan fingerprint density at radius 1 is 1.19 bits per heavy atom. The summed E-state index contributed by atoms with van der Waals surface area (Å²) in [7, 11) is 0. The summed E-state index contributed by atoms with van der Waals surface area (Å²) in [6.45, 7) is 2.13. The van der Waals surface area contributed by atoms with E-state index in [2.05, 4.69) is 10.6 Å². The molecule has 26 heavy (non-hydrogen) atoms. The van der Waals surface area contributed by atoms with Crippen LogP contribution >= 0.6 is 12.4 Å². The Labute approximate surface area is 159 Å². The molecule has 0 radical (unpaired) electrons. The molecule has 0 aliphatic carbocycles. The van der Waals surface area contributed by atoms with E-state index in [1.165, 1.54) is 0 Å². The molecular formula is C20H24ClN3O2. The number of nitrogens with zero attached hydrogens (tertiary/aromatic N) is 1. The molecule has 0 saturated carbocycles. The first-order chi connectivity index (χ1) is 12.2. The third-order valence-corrected chi connectivity index (χ3v) is 5.24. The molecule has 2 atom stereocenters. The summed E-state index contributed by atoms with van der Waals surface area (Å²) >= 11 is 0. The zero-order valence-electron chi connectivity index (χ0n) is 14.6. The maximum absolute atomic E-state index is 12.5. The average Bonchev–Trinajstić information content (AvgIpc) is 3.29. The smallest absolute Gasteiger partial charge is 0.227 e. The minimum Gasteiger partial charge on any atom is -0.354 e. The highest BCUT2D eigenvalue weighted by molar-refractivity contribution is 6.06. The molecule has 2 aliphatic heterocycles. The largest absolute Gasteiger partial charge is 0.354 e. The van der Waals surface area contributed by atoms with Crippen molar-refractivity contribution in [2.24, 2.45) is 5.92 Å². The summed E-state index contributed by atoms with van der Waals surface area (Å²) in [5.41, 5.74) is 0.899. The lowest BCUT2D eigenvalue weighted by Gasteiger charge is -2.19. The number of fused-ring (bicyclic) bond motifs is 1. The van der Waals surface area contributed by atoms with Gasteiger partial charge in [0.15, 0.2) is 0 Å². The number of rotatable bonds is 4. The van der Waals surface area contributed by atoms with Crippen LogP contribution in [-0.2, 0) is 9.59 Å². The zero-order chi connectivity index (χ0) is 17.2. The van der Waals surface area contributed by atoms with E-state index in [0.717, 1.165) is 35.8 Å². The number of benzene rings is 2. The number of carbonyl (C=O) groups excluding carboxylic acids is 2. The molecule has 2 aliphatic rings. The Bertz CT molecular complexity index is 799. The van der Waals surface area contributed by atoms with Crippen LogP contribution in [0.1, 0.15) is 19.3 Å². The van der Waals surface area contributed by atoms with Gasteiger partial charge in [0.1, 0.15) is 0 Å². The lowest BCUT2D eigenvalue weighted by atomic mass is 10.1. The Hall–Kier alpha value is -2.11. The molecule has 138 valence electrons. The summed E-state index contributed by atoms with van der Waals surface area (Å²) in [5.74, 6) is -0.256. The molecule has 2 aromatic rings. The number of anilines is 1. The van der Waals surface area contributed by atoms with Crippen LogP contribution in [-0.4, -0.2) is 37.5 Å². The quantitative estimate of drug-likeness (QED) is 0.865. The van der Waals surface area contributed by atoms with Crippen LogP contribution in [0.2, 0.25) is 0 Å². The summed E-state index contributed by atoms with van der Waals surface area (Å²) in [5, 5.41) is 8.55. The highest BCUT2D eigenvalue weighted by Gasteiger charge is 2.35. The fourth-order valence-electron chi connectivity index (χ4n) is 3.86. The van der Waals surface area contributed by atoms with Crippen molar-refractivity contribution in [3.63, 3.8) is 0 Å². The van der Waals surface area contributed by atoms with Gasteiger partial charge in [0, 0.05) is 30.9 Å². The van der Waals surface area contributed by atoms with Gasteiger partial charge in [-0.05, 0) is 30.8 Å². The van der Waals surface area contributed by atoms with E-state index < -0.39 is 0 Å². The zero-order valence-corrected chi connectivity index (χ0v) is 15.4. The van der Waals surface area contributed by atoms with Gasteiger partial charge >= 0.3 is 0 Å². The standard InChI is InChI=1S/C20H23N3O2.ClH/c24-19-11-15(20(25)22-12-16-7-4-10-21-16)13-23(19)18-9-3-6-14-5-1-2-8-17(14)18;/h1-3,5-6,8-9,15-16,21H,4,7,10-13H2,(H,22,25);1H. The fraction of sp³-hybridized carbons (Fsp3) is 0.400. The van der Waals surface area contributed by atoms with Crippen molar-refractivity contribution in [3.8, 4) is 0 Å². The minimum atomic E-state index is -0.270. The molecule has 6 heteroatoms. The first-order valence-corrected chi connectivity index (χ1v) is 9.01. The molecule has 0 aromatic heterocycles. The first kappa shape index (κ1) is 18.7. The molecule has 4 rings (SSSR count). The minimum absolute atomic E-state index is 0. The van der Waals surface area contributed by atoms with Gasteiger partial charge in [-0.25, -0.2) is 0 Å². The van der Waals surface area contributed by atoms with Gasteiger partial charge in [0.25, 0.3) is 0 Å². The fourth-order valence-corrected chi connectivity index (χ4v) is 3.86. The van der Waals surface area contributed by atoms with Crippen LogP contribution in [0.25, 0.3) is 10.8 Å². The van der Waals surface area contributed by atoms with Crippen LogP contribution < -0.4 is 15.5 Å². The average molecular weight is 374 g/mol. The molecule has 2 amide bonds. The summed E-state index contributed by atoms with van der Waals surface area (Å²) in [4.78, 5) is 26.8. The van der Waals surface area contributed by atoms with E-state index in [4.69, 9.17) is 0 Å². The van der Waals surface area contributed by atoms with Gasteiger partial charge in [-0.2, -0.15) is 0 Å². The van der Waals surface area contributed by atoms with E-state index in [9.17, 15) is 9.59 Å². The predicted molar refractivity (Wildman–Crippen MR) is 106 cm³/mol. The molecule has 5 nitrogen and oxygen atoms in total. The maximum atomic E-state index is 12.5. The normalized spacial score (nSPS) is 22.5. The van der Waals surface area contributed by atoms with Crippen molar-refractivity contribution >= 4 is 40.7 Å². The number of nitrogens with one attached hydrogen (secondary N) is 2. The number of hydrogen-bond acceptors (Lipinski definition) is 3.